The minimum Gasteiger partial charge on any atom is -0.375 e. The maximum absolute atomic E-state index is 14.0. The van der Waals surface area contributed by atoms with Gasteiger partial charge in [0.2, 0.25) is 0 Å². The average molecular weight is 400 g/mol. The van der Waals surface area contributed by atoms with Crippen LogP contribution in [0, 0.1) is 5.82 Å². The highest BCUT2D eigenvalue weighted by molar-refractivity contribution is 5.94. The SMILES string of the molecule is CCN(CC)C(=O)c1ccc(CNC(=O)NCc2ccc(N(C)C)c(F)c2)cc1. The topological polar surface area (TPSA) is 64.7 Å². The van der Waals surface area contributed by atoms with Crippen LogP contribution < -0.4 is 15.5 Å². The lowest BCUT2D eigenvalue weighted by atomic mass is 10.1. The number of hydrogen-bond acceptors (Lipinski definition) is 3. The number of carbonyl (C=O) groups is 2. The zero-order valence-electron chi connectivity index (χ0n) is 17.5. The molecule has 0 radical (unpaired) electrons. The Bertz CT molecular complexity index is 833. The van der Waals surface area contributed by atoms with Crippen molar-refractivity contribution in [1.29, 1.82) is 0 Å². The van der Waals surface area contributed by atoms with Gasteiger partial charge in [0.05, 0.1) is 5.69 Å². The van der Waals surface area contributed by atoms with Crippen molar-refractivity contribution in [2.45, 2.75) is 26.9 Å². The number of anilines is 1. The van der Waals surface area contributed by atoms with E-state index in [0.29, 0.717) is 36.4 Å². The molecule has 0 saturated heterocycles. The zero-order chi connectivity index (χ0) is 21.4. The summed E-state index contributed by atoms with van der Waals surface area (Å²) in [7, 11) is 3.55. The summed E-state index contributed by atoms with van der Waals surface area (Å²) in [5.41, 5.74) is 2.70. The van der Waals surface area contributed by atoms with Crippen LogP contribution in [0.3, 0.4) is 0 Å². The summed E-state index contributed by atoms with van der Waals surface area (Å²) in [6.07, 6.45) is 0. The molecule has 2 aromatic carbocycles. The molecule has 0 atom stereocenters. The van der Waals surface area contributed by atoms with E-state index in [9.17, 15) is 14.0 Å². The van der Waals surface area contributed by atoms with Crippen LogP contribution in [0.15, 0.2) is 42.5 Å². The molecule has 0 aliphatic heterocycles. The van der Waals surface area contributed by atoms with Crippen LogP contribution in [0.2, 0.25) is 0 Å². The van der Waals surface area contributed by atoms with Crippen molar-refractivity contribution < 1.29 is 14.0 Å². The predicted molar refractivity (Wildman–Crippen MR) is 113 cm³/mol. The molecule has 0 unspecified atom stereocenters. The summed E-state index contributed by atoms with van der Waals surface area (Å²) in [6, 6.07) is 11.7. The fraction of sp³-hybridized carbons (Fsp3) is 0.364. The highest BCUT2D eigenvalue weighted by atomic mass is 19.1. The lowest BCUT2D eigenvalue weighted by Gasteiger charge is -2.18. The summed E-state index contributed by atoms with van der Waals surface area (Å²) in [5, 5.41) is 5.47. The van der Waals surface area contributed by atoms with E-state index in [0.717, 1.165) is 5.56 Å². The van der Waals surface area contributed by atoms with Crippen molar-refractivity contribution in [2.24, 2.45) is 0 Å². The fourth-order valence-electron chi connectivity index (χ4n) is 2.91. The Morgan fingerprint density at radius 2 is 1.45 bits per heavy atom. The average Bonchev–Trinajstić information content (AvgIpc) is 2.71. The minimum atomic E-state index is -0.342. The van der Waals surface area contributed by atoms with E-state index >= 15 is 0 Å². The number of nitrogens with zero attached hydrogens (tertiary/aromatic N) is 2. The number of urea groups is 1. The molecule has 3 amide bonds. The van der Waals surface area contributed by atoms with Gasteiger partial charge in [-0.25, -0.2) is 9.18 Å². The van der Waals surface area contributed by atoms with Crippen molar-refractivity contribution in [3.05, 3.63) is 65.0 Å². The number of rotatable bonds is 8. The Labute approximate surface area is 171 Å². The van der Waals surface area contributed by atoms with Gasteiger partial charge in [-0.15, -0.1) is 0 Å². The second-order valence-electron chi connectivity index (χ2n) is 6.89. The molecule has 0 heterocycles. The van der Waals surface area contributed by atoms with E-state index in [2.05, 4.69) is 10.6 Å². The third-order valence-electron chi connectivity index (χ3n) is 4.65. The van der Waals surface area contributed by atoms with Crippen LogP contribution in [0.1, 0.15) is 35.3 Å². The van der Waals surface area contributed by atoms with Crippen LogP contribution in [0.4, 0.5) is 14.9 Å². The Hall–Kier alpha value is -3.09. The molecule has 7 heteroatoms. The van der Waals surface area contributed by atoms with Crippen molar-refractivity contribution in [1.82, 2.24) is 15.5 Å². The second-order valence-corrected chi connectivity index (χ2v) is 6.89. The Kier molecular flexibility index (Phi) is 8.00. The maximum atomic E-state index is 14.0. The van der Waals surface area contributed by atoms with Gasteiger partial charge < -0.3 is 20.4 Å². The van der Waals surface area contributed by atoms with E-state index < -0.39 is 0 Å². The summed E-state index contributed by atoms with van der Waals surface area (Å²) in [4.78, 5) is 27.8. The van der Waals surface area contributed by atoms with Gasteiger partial charge in [-0.05, 0) is 49.2 Å². The van der Waals surface area contributed by atoms with Gasteiger partial charge in [-0.1, -0.05) is 18.2 Å². The Balaban J connectivity index is 1.83. The summed E-state index contributed by atoms with van der Waals surface area (Å²) >= 11 is 0. The number of carbonyl (C=O) groups excluding carboxylic acids is 2. The molecular formula is C22H29FN4O2. The predicted octanol–water partition coefficient (Wildman–Crippen LogP) is 3.37. The van der Waals surface area contributed by atoms with E-state index in [-0.39, 0.29) is 24.3 Å². The molecule has 0 bridgehead atoms. The van der Waals surface area contributed by atoms with Crippen LogP contribution >= 0.6 is 0 Å². The van der Waals surface area contributed by atoms with Gasteiger partial charge in [-0.3, -0.25) is 4.79 Å². The summed E-state index contributed by atoms with van der Waals surface area (Å²) in [5.74, 6) is -0.325. The fourth-order valence-corrected chi connectivity index (χ4v) is 2.91. The van der Waals surface area contributed by atoms with Gasteiger partial charge >= 0.3 is 6.03 Å². The number of amides is 3. The summed E-state index contributed by atoms with van der Waals surface area (Å²) < 4.78 is 14.0. The molecule has 2 aromatic rings. The second kappa shape index (κ2) is 10.5. The third-order valence-corrected chi connectivity index (χ3v) is 4.65. The third kappa shape index (κ3) is 6.20. The van der Waals surface area contributed by atoms with E-state index in [1.165, 1.54) is 6.07 Å². The quantitative estimate of drug-likeness (QED) is 0.714. The Morgan fingerprint density at radius 1 is 0.897 bits per heavy atom. The first kappa shape index (κ1) is 22.2. The van der Waals surface area contributed by atoms with Crippen LogP contribution in [0.25, 0.3) is 0 Å². The van der Waals surface area contributed by atoms with E-state index in [4.69, 9.17) is 0 Å². The van der Waals surface area contributed by atoms with Gasteiger partial charge in [0.1, 0.15) is 5.82 Å². The molecule has 0 aliphatic rings. The largest absolute Gasteiger partial charge is 0.375 e. The first-order valence-electron chi connectivity index (χ1n) is 9.71. The van der Waals surface area contributed by atoms with Crippen molar-refractivity contribution in [2.75, 3.05) is 32.1 Å². The van der Waals surface area contributed by atoms with Gasteiger partial charge in [0.25, 0.3) is 5.91 Å². The van der Waals surface area contributed by atoms with Crippen molar-refractivity contribution in [3.63, 3.8) is 0 Å². The molecule has 0 aliphatic carbocycles. The number of benzene rings is 2. The van der Waals surface area contributed by atoms with Crippen molar-refractivity contribution in [3.8, 4) is 0 Å². The monoisotopic (exact) mass is 400 g/mol. The molecule has 0 spiro atoms. The lowest BCUT2D eigenvalue weighted by Crippen LogP contribution is -2.34. The molecule has 2 rings (SSSR count). The normalized spacial score (nSPS) is 10.4. The molecule has 0 aromatic heterocycles. The molecular weight excluding hydrogens is 371 g/mol. The van der Waals surface area contributed by atoms with Gasteiger partial charge in [0, 0.05) is 45.8 Å². The summed E-state index contributed by atoms with van der Waals surface area (Å²) in [6.45, 7) is 5.79. The molecule has 0 fully saturated rings. The molecule has 29 heavy (non-hydrogen) atoms. The molecule has 0 saturated carbocycles. The first-order chi connectivity index (χ1) is 13.8. The number of hydrogen-bond donors (Lipinski definition) is 2. The molecule has 156 valence electrons. The molecule has 2 N–H and O–H groups in total. The minimum absolute atomic E-state index is 0.000213. The van der Waals surface area contributed by atoms with Crippen LogP contribution in [0.5, 0.6) is 0 Å². The lowest BCUT2D eigenvalue weighted by molar-refractivity contribution is 0.0773. The smallest absolute Gasteiger partial charge is 0.315 e. The van der Waals surface area contributed by atoms with E-state index in [1.807, 2.05) is 26.0 Å². The first-order valence-corrected chi connectivity index (χ1v) is 9.71. The molecule has 6 nitrogen and oxygen atoms in total. The maximum Gasteiger partial charge on any atom is 0.315 e. The van der Waals surface area contributed by atoms with Gasteiger partial charge in [0.15, 0.2) is 0 Å². The van der Waals surface area contributed by atoms with Gasteiger partial charge in [-0.2, -0.15) is 0 Å². The number of nitrogens with one attached hydrogen (secondary N) is 2. The Morgan fingerprint density at radius 3 is 1.97 bits per heavy atom. The highest BCUT2D eigenvalue weighted by Gasteiger charge is 2.12. The van der Waals surface area contributed by atoms with Crippen LogP contribution in [-0.2, 0) is 13.1 Å². The van der Waals surface area contributed by atoms with Crippen molar-refractivity contribution >= 4 is 17.6 Å². The number of halogens is 1. The highest BCUT2D eigenvalue weighted by Crippen LogP contribution is 2.18. The van der Waals surface area contributed by atoms with E-state index in [1.54, 1.807) is 48.2 Å². The standard InChI is InChI=1S/C22H29FN4O2/c1-5-27(6-2)21(28)18-10-7-16(8-11-18)14-24-22(29)25-15-17-9-12-20(26(3)4)19(23)13-17/h7-13H,5-6,14-15H2,1-4H3,(H2,24,25,29). The zero-order valence-corrected chi connectivity index (χ0v) is 17.5. The van der Waals surface area contributed by atoms with Crippen LogP contribution in [-0.4, -0.2) is 44.0 Å².